The first-order chi connectivity index (χ1) is 8.79. The molecule has 0 saturated heterocycles. The van der Waals surface area contributed by atoms with Gasteiger partial charge in [0.05, 0.1) is 6.10 Å². The number of aliphatic hydroxyl groups excluding tert-OH is 1. The first-order valence-electron chi connectivity index (χ1n) is 7.55. The Morgan fingerprint density at radius 3 is 2.33 bits per heavy atom. The number of rotatable bonds is 4. The van der Waals surface area contributed by atoms with E-state index < -0.39 is 0 Å². The lowest BCUT2D eigenvalue weighted by atomic mass is 9.86. The van der Waals surface area contributed by atoms with E-state index >= 15 is 0 Å². The highest BCUT2D eigenvalue weighted by Crippen LogP contribution is 2.28. The van der Waals surface area contributed by atoms with Crippen LogP contribution in [0.15, 0.2) is 12.1 Å². The molecule has 1 atom stereocenters. The molecule has 1 unspecified atom stereocenters. The molecule has 1 aliphatic rings. The fourth-order valence-corrected chi connectivity index (χ4v) is 3.97. The van der Waals surface area contributed by atoms with Gasteiger partial charge in [-0.3, -0.25) is 0 Å². The third-order valence-electron chi connectivity index (χ3n) is 4.17. The molecule has 0 bridgehead atoms. The molecule has 0 aromatic carbocycles. The van der Waals surface area contributed by atoms with Gasteiger partial charge in [-0.15, -0.1) is 11.3 Å². The van der Waals surface area contributed by atoms with Crippen molar-refractivity contribution in [3.63, 3.8) is 0 Å². The van der Waals surface area contributed by atoms with Crippen LogP contribution in [0.1, 0.15) is 61.6 Å². The number of hydrogen-bond acceptors (Lipinski definition) is 2. The lowest BCUT2D eigenvalue weighted by Crippen LogP contribution is -2.23. The summed E-state index contributed by atoms with van der Waals surface area (Å²) in [4.78, 5) is 2.80. The molecular weight excluding hydrogens is 240 g/mol. The first kappa shape index (κ1) is 14.1. The topological polar surface area (TPSA) is 20.2 Å². The maximum Gasteiger partial charge on any atom is 0.0616 e. The second-order valence-electron chi connectivity index (χ2n) is 5.60. The summed E-state index contributed by atoms with van der Waals surface area (Å²) < 4.78 is 0. The molecule has 1 aromatic heterocycles. The van der Waals surface area contributed by atoms with Gasteiger partial charge in [0.25, 0.3) is 0 Å². The van der Waals surface area contributed by atoms with Crippen LogP contribution in [0.2, 0.25) is 0 Å². The van der Waals surface area contributed by atoms with Gasteiger partial charge in [-0.05, 0) is 37.3 Å². The van der Waals surface area contributed by atoms with Crippen molar-refractivity contribution in [2.24, 2.45) is 5.92 Å². The second-order valence-corrected chi connectivity index (χ2v) is 6.85. The molecule has 0 spiro atoms. The summed E-state index contributed by atoms with van der Waals surface area (Å²) in [6, 6.07) is 4.42. The van der Waals surface area contributed by atoms with Crippen molar-refractivity contribution in [1.82, 2.24) is 0 Å². The van der Waals surface area contributed by atoms with Crippen LogP contribution in [0.5, 0.6) is 0 Å². The lowest BCUT2D eigenvalue weighted by molar-refractivity contribution is 0.0920. The highest BCUT2D eigenvalue weighted by Gasteiger charge is 2.20. The Labute approximate surface area is 115 Å². The van der Waals surface area contributed by atoms with Crippen molar-refractivity contribution in [1.29, 1.82) is 0 Å². The maximum atomic E-state index is 10.4. The SMILES string of the molecule is CCc1ccc(CC(O)C2CCCCCCC2)s1. The monoisotopic (exact) mass is 266 g/mol. The molecule has 1 aromatic rings. The van der Waals surface area contributed by atoms with Gasteiger partial charge in [-0.2, -0.15) is 0 Å². The van der Waals surface area contributed by atoms with Gasteiger partial charge in [0.2, 0.25) is 0 Å². The molecule has 0 radical (unpaired) electrons. The molecule has 1 N–H and O–H groups in total. The van der Waals surface area contributed by atoms with Crippen molar-refractivity contribution in [2.75, 3.05) is 0 Å². The van der Waals surface area contributed by atoms with Gasteiger partial charge in [0.1, 0.15) is 0 Å². The van der Waals surface area contributed by atoms with E-state index in [1.165, 1.54) is 54.7 Å². The molecule has 1 fully saturated rings. The van der Waals surface area contributed by atoms with Crippen LogP contribution in [0, 0.1) is 5.92 Å². The van der Waals surface area contributed by atoms with Gasteiger partial charge in [-0.25, -0.2) is 0 Å². The fraction of sp³-hybridized carbons (Fsp3) is 0.750. The van der Waals surface area contributed by atoms with E-state index in [9.17, 15) is 5.11 Å². The minimum atomic E-state index is -0.119. The van der Waals surface area contributed by atoms with Crippen molar-refractivity contribution in [3.05, 3.63) is 21.9 Å². The smallest absolute Gasteiger partial charge is 0.0616 e. The molecule has 2 heteroatoms. The Hall–Kier alpha value is -0.340. The molecule has 1 nitrogen and oxygen atoms in total. The van der Waals surface area contributed by atoms with Crippen molar-refractivity contribution in [3.8, 4) is 0 Å². The summed E-state index contributed by atoms with van der Waals surface area (Å²) in [7, 11) is 0. The third kappa shape index (κ3) is 4.10. The van der Waals surface area contributed by atoms with E-state index in [1.54, 1.807) is 0 Å². The zero-order chi connectivity index (χ0) is 12.8. The summed E-state index contributed by atoms with van der Waals surface area (Å²) >= 11 is 1.87. The molecule has 1 aliphatic carbocycles. The maximum absolute atomic E-state index is 10.4. The molecule has 0 amide bonds. The number of aryl methyl sites for hydroxylation is 1. The van der Waals surface area contributed by atoms with Crippen LogP contribution in [0.4, 0.5) is 0 Å². The van der Waals surface area contributed by atoms with Crippen LogP contribution < -0.4 is 0 Å². The molecular formula is C16H26OS. The Bertz CT molecular complexity index is 337. The third-order valence-corrected chi connectivity index (χ3v) is 5.42. The minimum Gasteiger partial charge on any atom is -0.392 e. The average Bonchev–Trinajstić information content (AvgIpc) is 2.76. The molecule has 18 heavy (non-hydrogen) atoms. The predicted molar refractivity (Wildman–Crippen MR) is 79.2 cm³/mol. The Balaban J connectivity index is 1.86. The highest BCUT2D eigenvalue weighted by molar-refractivity contribution is 7.11. The van der Waals surface area contributed by atoms with E-state index in [0.717, 1.165) is 12.8 Å². The normalized spacial score (nSPS) is 20.3. The van der Waals surface area contributed by atoms with Gasteiger partial charge in [-0.1, -0.05) is 39.0 Å². The van der Waals surface area contributed by atoms with Crippen LogP contribution >= 0.6 is 11.3 Å². The van der Waals surface area contributed by atoms with Gasteiger partial charge in [0, 0.05) is 16.2 Å². The van der Waals surface area contributed by atoms with Crippen molar-refractivity contribution < 1.29 is 5.11 Å². The number of thiophene rings is 1. The molecule has 0 aliphatic heterocycles. The van der Waals surface area contributed by atoms with Crippen molar-refractivity contribution in [2.45, 2.75) is 70.8 Å². The highest BCUT2D eigenvalue weighted by atomic mass is 32.1. The lowest BCUT2D eigenvalue weighted by Gasteiger charge is -2.24. The van der Waals surface area contributed by atoms with Crippen LogP contribution in [-0.2, 0) is 12.8 Å². The van der Waals surface area contributed by atoms with E-state index in [0.29, 0.717) is 5.92 Å². The van der Waals surface area contributed by atoms with Crippen LogP contribution in [0.25, 0.3) is 0 Å². The fourth-order valence-electron chi connectivity index (χ4n) is 2.97. The summed E-state index contributed by atoms with van der Waals surface area (Å²) in [5.74, 6) is 0.539. The van der Waals surface area contributed by atoms with Crippen LogP contribution in [-0.4, -0.2) is 11.2 Å². The molecule has 102 valence electrons. The summed E-state index contributed by atoms with van der Waals surface area (Å²) in [6.07, 6.45) is 11.1. The Morgan fingerprint density at radius 2 is 1.72 bits per heavy atom. The van der Waals surface area contributed by atoms with E-state index in [2.05, 4.69) is 19.1 Å². The molecule has 2 rings (SSSR count). The minimum absolute atomic E-state index is 0.119. The van der Waals surface area contributed by atoms with Gasteiger partial charge >= 0.3 is 0 Å². The largest absolute Gasteiger partial charge is 0.392 e. The Kier molecular flexibility index (Phi) is 5.71. The molecule has 1 heterocycles. The van der Waals surface area contributed by atoms with E-state index in [-0.39, 0.29) is 6.10 Å². The van der Waals surface area contributed by atoms with Crippen molar-refractivity contribution >= 4 is 11.3 Å². The van der Waals surface area contributed by atoms with Gasteiger partial charge in [0.15, 0.2) is 0 Å². The zero-order valence-corrected chi connectivity index (χ0v) is 12.3. The quantitative estimate of drug-likeness (QED) is 0.846. The zero-order valence-electron chi connectivity index (χ0n) is 11.5. The summed E-state index contributed by atoms with van der Waals surface area (Å²) in [6.45, 7) is 2.20. The van der Waals surface area contributed by atoms with Gasteiger partial charge < -0.3 is 5.11 Å². The number of aliphatic hydroxyl groups is 1. The second kappa shape index (κ2) is 7.30. The standard InChI is InChI=1S/C16H26OS/c1-2-14-10-11-15(18-14)12-16(17)13-8-6-4-3-5-7-9-13/h10-11,13,16-17H,2-9,12H2,1H3. The Morgan fingerprint density at radius 1 is 1.11 bits per heavy atom. The summed E-state index contributed by atoms with van der Waals surface area (Å²) in [5, 5.41) is 10.4. The van der Waals surface area contributed by atoms with Crippen LogP contribution in [0.3, 0.4) is 0 Å². The average molecular weight is 266 g/mol. The summed E-state index contributed by atoms with van der Waals surface area (Å²) in [5.41, 5.74) is 0. The van der Waals surface area contributed by atoms with E-state index in [1.807, 2.05) is 11.3 Å². The van der Waals surface area contributed by atoms with E-state index in [4.69, 9.17) is 0 Å². The number of hydrogen-bond donors (Lipinski definition) is 1. The predicted octanol–water partition coefficient (Wildman–Crippen LogP) is 4.57. The first-order valence-corrected chi connectivity index (χ1v) is 8.37. The molecule has 1 saturated carbocycles.